The van der Waals surface area contributed by atoms with Gasteiger partial charge in [-0.15, -0.1) is 0 Å². The summed E-state index contributed by atoms with van der Waals surface area (Å²) in [6, 6.07) is 11.3. The zero-order valence-corrected chi connectivity index (χ0v) is 18.9. The molecule has 2 amide bonds. The molecule has 0 aliphatic heterocycles. The predicted molar refractivity (Wildman–Crippen MR) is 121 cm³/mol. The fourth-order valence-corrected chi connectivity index (χ4v) is 3.69. The van der Waals surface area contributed by atoms with E-state index in [9.17, 15) is 9.59 Å². The van der Waals surface area contributed by atoms with Gasteiger partial charge in [0, 0.05) is 30.9 Å². The molecule has 0 aromatic heterocycles. The monoisotopic (exact) mass is 411 g/mol. The van der Waals surface area contributed by atoms with Crippen molar-refractivity contribution in [3.8, 4) is 5.75 Å². The van der Waals surface area contributed by atoms with Crippen LogP contribution < -0.4 is 10.1 Å². The van der Waals surface area contributed by atoms with Crippen molar-refractivity contribution >= 4 is 17.5 Å². The first-order valence-corrected chi connectivity index (χ1v) is 10.3. The number of hydrogen-bond acceptors (Lipinski definition) is 4. The molecular formula is C24H33N3O3. The van der Waals surface area contributed by atoms with E-state index in [1.54, 1.807) is 36.3 Å². The van der Waals surface area contributed by atoms with Crippen molar-refractivity contribution < 1.29 is 14.3 Å². The van der Waals surface area contributed by atoms with Crippen molar-refractivity contribution in [1.82, 2.24) is 9.80 Å². The van der Waals surface area contributed by atoms with Crippen LogP contribution in [0, 0.1) is 13.8 Å². The summed E-state index contributed by atoms with van der Waals surface area (Å²) >= 11 is 0. The van der Waals surface area contributed by atoms with Gasteiger partial charge in [0.1, 0.15) is 5.75 Å². The number of nitrogens with zero attached hydrogens (tertiary/aromatic N) is 2. The number of ether oxygens (including phenoxy) is 1. The number of methoxy groups -OCH3 is 1. The van der Waals surface area contributed by atoms with Gasteiger partial charge in [-0.3, -0.25) is 14.5 Å². The zero-order valence-electron chi connectivity index (χ0n) is 18.9. The van der Waals surface area contributed by atoms with Gasteiger partial charge in [0.25, 0.3) is 5.91 Å². The van der Waals surface area contributed by atoms with Crippen LogP contribution in [0.15, 0.2) is 36.4 Å². The second kappa shape index (κ2) is 10.8. The minimum atomic E-state index is -0.119. The number of hydrogen-bond donors (Lipinski definition) is 1. The molecule has 0 unspecified atom stereocenters. The average Bonchev–Trinajstić information content (AvgIpc) is 2.68. The molecule has 0 saturated heterocycles. The van der Waals surface area contributed by atoms with Crippen molar-refractivity contribution in [3.05, 3.63) is 58.7 Å². The third-order valence-corrected chi connectivity index (χ3v) is 5.03. The number of rotatable bonds is 9. The zero-order chi connectivity index (χ0) is 22.3. The maximum Gasteiger partial charge on any atom is 0.253 e. The Bertz CT molecular complexity index is 868. The molecule has 2 aromatic rings. The topological polar surface area (TPSA) is 61.9 Å². The third-order valence-electron chi connectivity index (χ3n) is 5.03. The highest BCUT2D eigenvalue weighted by Crippen LogP contribution is 2.24. The molecule has 0 aliphatic carbocycles. The van der Waals surface area contributed by atoms with Crippen molar-refractivity contribution in [2.75, 3.05) is 39.1 Å². The van der Waals surface area contributed by atoms with E-state index in [0.29, 0.717) is 30.9 Å². The van der Waals surface area contributed by atoms with Gasteiger partial charge in [-0.25, -0.2) is 0 Å². The lowest BCUT2D eigenvalue weighted by atomic mass is 10.1. The molecule has 30 heavy (non-hydrogen) atoms. The van der Waals surface area contributed by atoms with Gasteiger partial charge in [-0.1, -0.05) is 18.2 Å². The first-order valence-electron chi connectivity index (χ1n) is 10.3. The van der Waals surface area contributed by atoms with Gasteiger partial charge in [0.2, 0.25) is 5.91 Å². The Hall–Kier alpha value is -2.86. The number of likely N-dealkylation sites (N-methyl/N-ethyl adjacent to an activating group) is 1. The molecule has 6 nitrogen and oxygen atoms in total. The minimum absolute atomic E-state index is 0.0292. The smallest absolute Gasteiger partial charge is 0.253 e. The normalized spacial score (nSPS) is 10.8. The fraction of sp³-hybridized carbons (Fsp3) is 0.417. The van der Waals surface area contributed by atoms with Crippen LogP contribution in [0.4, 0.5) is 5.69 Å². The van der Waals surface area contributed by atoms with E-state index in [4.69, 9.17) is 4.74 Å². The van der Waals surface area contributed by atoms with Gasteiger partial charge in [-0.05, 0) is 69.6 Å². The Morgan fingerprint density at radius 1 is 1.03 bits per heavy atom. The first-order chi connectivity index (χ1) is 14.3. The predicted octanol–water partition coefficient (Wildman–Crippen LogP) is 3.86. The molecule has 0 fully saturated rings. The summed E-state index contributed by atoms with van der Waals surface area (Å²) in [6.07, 6.45) is 0. The number of amides is 2. The van der Waals surface area contributed by atoms with Crippen LogP contribution in [-0.4, -0.2) is 55.4 Å². The van der Waals surface area contributed by atoms with E-state index in [1.165, 1.54) is 0 Å². The number of carbonyl (C=O) groups is 2. The highest BCUT2D eigenvalue weighted by atomic mass is 16.5. The van der Waals surface area contributed by atoms with Gasteiger partial charge >= 0.3 is 0 Å². The highest BCUT2D eigenvalue weighted by Gasteiger charge is 2.14. The summed E-state index contributed by atoms with van der Waals surface area (Å²) in [5, 5.41) is 2.90. The summed E-state index contributed by atoms with van der Waals surface area (Å²) in [7, 11) is 3.59. The average molecular weight is 412 g/mol. The van der Waals surface area contributed by atoms with Crippen LogP contribution in [-0.2, 0) is 11.3 Å². The Labute approximate surface area is 179 Å². The highest BCUT2D eigenvalue weighted by molar-refractivity contribution is 5.97. The fourth-order valence-electron chi connectivity index (χ4n) is 3.69. The number of benzene rings is 2. The second-order valence-corrected chi connectivity index (χ2v) is 7.54. The molecule has 0 atom stereocenters. The SMILES string of the molecule is CCN(CC)C(=O)c1cccc(NC(=O)CN(C)Cc2cc(C)c(OC)c(C)c2)c1. The third kappa shape index (κ3) is 6.07. The quantitative estimate of drug-likeness (QED) is 0.681. The van der Waals surface area contributed by atoms with Crippen LogP contribution in [0.25, 0.3) is 0 Å². The molecule has 2 aromatic carbocycles. The summed E-state index contributed by atoms with van der Waals surface area (Å²) in [4.78, 5) is 28.7. The molecule has 0 radical (unpaired) electrons. The van der Waals surface area contributed by atoms with Gasteiger partial charge < -0.3 is 15.0 Å². The Kier molecular flexibility index (Phi) is 8.42. The molecule has 0 heterocycles. The lowest BCUT2D eigenvalue weighted by molar-refractivity contribution is -0.117. The maximum absolute atomic E-state index is 12.5. The standard InChI is InChI=1S/C24H33N3O3/c1-7-27(8-2)24(29)20-10-9-11-21(14-20)25-22(28)16-26(5)15-19-12-17(3)23(30-6)18(4)13-19/h9-14H,7-8,15-16H2,1-6H3,(H,25,28). The van der Waals surface area contributed by atoms with E-state index < -0.39 is 0 Å². The van der Waals surface area contributed by atoms with Crippen LogP contribution >= 0.6 is 0 Å². The molecule has 0 aliphatic rings. The number of nitrogens with one attached hydrogen (secondary N) is 1. The summed E-state index contributed by atoms with van der Waals surface area (Å²) in [6.45, 7) is 10.2. The van der Waals surface area contributed by atoms with Crippen molar-refractivity contribution in [1.29, 1.82) is 0 Å². The van der Waals surface area contributed by atoms with Gasteiger partial charge in [-0.2, -0.15) is 0 Å². The van der Waals surface area contributed by atoms with Crippen LogP contribution in [0.2, 0.25) is 0 Å². The molecular weight excluding hydrogens is 378 g/mol. The molecule has 1 N–H and O–H groups in total. The summed E-state index contributed by atoms with van der Waals surface area (Å²) < 4.78 is 5.42. The Balaban J connectivity index is 1.99. The van der Waals surface area contributed by atoms with E-state index in [2.05, 4.69) is 17.4 Å². The van der Waals surface area contributed by atoms with E-state index in [1.807, 2.05) is 39.6 Å². The van der Waals surface area contributed by atoms with Crippen LogP contribution in [0.3, 0.4) is 0 Å². The molecule has 0 saturated carbocycles. The van der Waals surface area contributed by atoms with Crippen LogP contribution in [0.5, 0.6) is 5.75 Å². The molecule has 0 bridgehead atoms. The first kappa shape index (κ1) is 23.4. The summed E-state index contributed by atoms with van der Waals surface area (Å²) in [5.41, 5.74) is 4.50. The van der Waals surface area contributed by atoms with Crippen molar-refractivity contribution in [2.24, 2.45) is 0 Å². The Morgan fingerprint density at radius 2 is 1.67 bits per heavy atom. The maximum atomic E-state index is 12.5. The number of anilines is 1. The van der Waals surface area contributed by atoms with E-state index >= 15 is 0 Å². The molecule has 2 rings (SSSR count). The minimum Gasteiger partial charge on any atom is -0.496 e. The molecule has 0 spiro atoms. The lowest BCUT2D eigenvalue weighted by Gasteiger charge is -2.20. The molecule has 6 heteroatoms. The lowest BCUT2D eigenvalue weighted by Crippen LogP contribution is -2.31. The number of aryl methyl sites for hydroxylation is 2. The van der Waals surface area contributed by atoms with Crippen molar-refractivity contribution in [3.63, 3.8) is 0 Å². The summed E-state index contributed by atoms with van der Waals surface area (Å²) in [5.74, 6) is 0.753. The van der Waals surface area contributed by atoms with Gasteiger partial charge in [0.05, 0.1) is 13.7 Å². The van der Waals surface area contributed by atoms with E-state index in [-0.39, 0.29) is 18.4 Å². The second-order valence-electron chi connectivity index (χ2n) is 7.54. The van der Waals surface area contributed by atoms with Gasteiger partial charge in [0.15, 0.2) is 0 Å². The van der Waals surface area contributed by atoms with Crippen LogP contribution in [0.1, 0.15) is 40.9 Å². The Morgan fingerprint density at radius 3 is 2.23 bits per heavy atom. The number of carbonyl (C=O) groups excluding carboxylic acids is 2. The van der Waals surface area contributed by atoms with Crippen molar-refractivity contribution in [2.45, 2.75) is 34.2 Å². The van der Waals surface area contributed by atoms with E-state index in [0.717, 1.165) is 22.4 Å². The largest absolute Gasteiger partial charge is 0.496 e. The molecule has 162 valence electrons.